The summed E-state index contributed by atoms with van der Waals surface area (Å²) in [7, 11) is 0. The van der Waals surface area contributed by atoms with E-state index in [1.807, 2.05) is 26.0 Å². The molecule has 94 valence electrons. The van der Waals surface area contributed by atoms with Gasteiger partial charge in [0.1, 0.15) is 5.75 Å². The third-order valence-electron chi connectivity index (χ3n) is 2.58. The van der Waals surface area contributed by atoms with Crippen LogP contribution in [0.25, 0.3) is 0 Å². The third kappa shape index (κ3) is 3.93. The SMILES string of the molecule is C/C=C\CC(C)c1cc(Cl)cc(Cl)c1OCC. The van der Waals surface area contributed by atoms with Gasteiger partial charge < -0.3 is 4.74 Å². The van der Waals surface area contributed by atoms with Gasteiger partial charge in [0.15, 0.2) is 0 Å². The molecule has 0 heterocycles. The molecule has 0 amide bonds. The van der Waals surface area contributed by atoms with Crippen LogP contribution in [-0.4, -0.2) is 6.61 Å². The zero-order chi connectivity index (χ0) is 12.8. The number of hydrogen-bond donors (Lipinski definition) is 0. The predicted molar refractivity (Wildman–Crippen MR) is 75.5 cm³/mol. The molecular weight excluding hydrogens is 255 g/mol. The van der Waals surface area contributed by atoms with Crippen LogP contribution in [0.2, 0.25) is 10.0 Å². The first-order chi connectivity index (χ1) is 8.10. The average molecular weight is 273 g/mol. The Balaban J connectivity index is 3.10. The molecule has 0 saturated carbocycles. The Morgan fingerprint density at radius 2 is 2.06 bits per heavy atom. The maximum Gasteiger partial charge on any atom is 0.141 e. The van der Waals surface area contributed by atoms with Crippen molar-refractivity contribution in [2.24, 2.45) is 0 Å². The highest BCUT2D eigenvalue weighted by atomic mass is 35.5. The average Bonchev–Trinajstić information content (AvgIpc) is 2.29. The van der Waals surface area contributed by atoms with E-state index in [9.17, 15) is 0 Å². The number of allylic oxidation sites excluding steroid dienone is 2. The van der Waals surface area contributed by atoms with E-state index in [-0.39, 0.29) is 0 Å². The molecule has 0 aliphatic heterocycles. The van der Waals surface area contributed by atoms with Gasteiger partial charge in [-0.15, -0.1) is 0 Å². The van der Waals surface area contributed by atoms with Gasteiger partial charge in [0.05, 0.1) is 11.6 Å². The largest absolute Gasteiger partial charge is 0.492 e. The van der Waals surface area contributed by atoms with E-state index in [0.717, 1.165) is 17.7 Å². The summed E-state index contributed by atoms with van der Waals surface area (Å²) in [6, 6.07) is 3.66. The summed E-state index contributed by atoms with van der Waals surface area (Å²) < 4.78 is 5.61. The minimum atomic E-state index is 0.337. The molecule has 0 aliphatic rings. The number of ether oxygens (including phenoxy) is 1. The molecule has 1 aromatic rings. The first kappa shape index (κ1) is 14.4. The van der Waals surface area contributed by atoms with Crippen molar-refractivity contribution in [3.05, 3.63) is 39.9 Å². The van der Waals surface area contributed by atoms with Crippen molar-refractivity contribution >= 4 is 23.2 Å². The fraction of sp³-hybridized carbons (Fsp3) is 0.429. The first-order valence-corrected chi connectivity index (χ1v) is 6.58. The molecule has 0 aliphatic carbocycles. The molecule has 0 radical (unpaired) electrons. The molecule has 1 rings (SSSR count). The number of benzene rings is 1. The van der Waals surface area contributed by atoms with Crippen LogP contribution in [0.15, 0.2) is 24.3 Å². The Labute approximate surface area is 113 Å². The minimum absolute atomic E-state index is 0.337. The Morgan fingerprint density at radius 3 is 2.65 bits per heavy atom. The van der Waals surface area contributed by atoms with Crippen LogP contribution in [0.5, 0.6) is 5.75 Å². The smallest absolute Gasteiger partial charge is 0.141 e. The van der Waals surface area contributed by atoms with Crippen molar-refractivity contribution in [3.63, 3.8) is 0 Å². The Bertz CT molecular complexity index is 399. The van der Waals surface area contributed by atoms with Crippen LogP contribution in [0.3, 0.4) is 0 Å². The zero-order valence-electron chi connectivity index (χ0n) is 10.5. The van der Waals surface area contributed by atoms with E-state index < -0.39 is 0 Å². The van der Waals surface area contributed by atoms with Crippen LogP contribution in [0.1, 0.15) is 38.7 Å². The van der Waals surface area contributed by atoms with Crippen LogP contribution >= 0.6 is 23.2 Å². The summed E-state index contributed by atoms with van der Waals surface area (Å²) in [6.07, 6.45) is 5.13. The standard InChI is InChI=1S/C14H18Cl2O/c1-4-6-7-10(3)12-8-11(15)9-13(16)14(12)17-5-2/h4,6,8-10H,5,7H2,1-3H3/b6-4-. The highest BCUT2D eigenvalue weighted by Gasteiger charge is 2.15. The van der Waals surface area contributed by atoms with E-state index >= 15 is 0 Å². The second-order valence-corrected chi connectivity index (χ2v) is 4.79. The van der Waals surface area contributed by atoms with E-state index in [1.54, 1.807) is 6.07 Å². The van der Waals surface area contributed by atoms with Crippen molar-refractivity contribution < 1.29 is 4.74 Å². The quantitative estimate of drug-likeness (QED) is 0.647. The van der Waals surface area contributed by atoms with E-state index in [0.29, 0.717) is 22.6 Å². The molecule has 1 nitrogen and oxygen atoms in total. The molecule has 0 aromatic heterocycles. The lowest BCUT2D eigenvalue weighted by molar-refractivity contribution is 0.335. The van der Waals surface area contributed by atoms with Crippen LogP contribution < -0.4 is 4.74 Å². The van der Waals surface area contributed by atoms with Crippen molar-refractivity contribution in [1.82, 2.24) is 0 Å². The first-order valence-electron chi connectivity index (χ1n) is 5.83. The van der Waals surface area contributed by atoms with Crippen molar-refractivity contribution in [1.29, 1.82) is 0 Å². The highest BCUT2D eigenvalue weighted by Crippen LogP contribution is 2.37. The van der Waals surface area contributed by atoms with Gasteiger partial charge in [0.2, 0.25) is 0 Å². The lowest BCUT2D eigenvalue weighted by atomic mass is 9.96. The van der Waals surface area contributed by atoms with E-state index in [4.69, 9.17) is 27.9 Å². The van der Waals surface area contributed by atoms with E-state index in [2.05, 4.69) is 13.0 Å². The molecule has 1 aromatic carbocycles. The van der Waals surface area contributed by atoms with Crippen molar-refractivity contribution in [2.45, 2.75) is 33.1 Å². The number of halogens is 2. The topological polar surface area (TPSA) is 9.23 Å². The van der Waals surface area contributed by atoms with Gasteiger partial charge in [-0.25, -0.2) is 0 Å². The molecule has 1 unspecified atom stereocenters. The molecule has 0 fully saturated rings. The summed E-state index contributed by atoms with van der Waals surface area (Å²) in [5, 5.41) is 1.24. The fourth-order valence-corrected chi connectivity index (χ4v) is 2.27. The number of rotatable bonds is 5. The highest BCUT2D eigenvalue weighted by molar-refractivity contribution is 6.35. The molecule has 3 heteroatoms. The van der Waals surface area contributed by atoms with E-state index in [1.165, 1.54) is 0 Å². The molecule has 1 atom stereocenters. The van der Waals surface area contributed by atoms with Gasteiger partial charge in [-0.1, -0.05) is 42.3 Å². The molecule has 0 saturated heterocycles. The molecular formula is C14H18Cl2O. The monoisotopic (exact) mass is 272 g/mol. The summed E-state index contributed by atoms with van der Waals surface area (Å²) >= 11 is 12.2. The van der Waals surface area contributed by atoms with Gasteiger partial charge >= 0.3 is 0 Å². The molecule has 0 spiro atoms. The maximum atomic E-state index is 6.16. The van der Waals surface area contributed by atoms with Crippen molar-refractivity contribution in [2.75, 3.05) is 6.61 Å². The lowest BCUT2D eigenvalue weighted by Crippen LogP contribution is -2.01. The van der Waals surface area contributed by atoms with Crippen LogP contribution in [0, 0.1) is 0 Å². The van der Waals surface area contributed by atoms with Gasteiger partial charge in [-0.2, -0.15) is 0 Å². The molecule has 17 heavy (non-hydrogen) atoms. The van der Waals surface area contributed by atoms with Gasteiger partial charge in [0, 0.05) is 10.6 Å². The molecule has 0 N–H and O–H groups in total. The minimum Gasteiger partial charge on any atom is -0.492 e. The van der Waals surface area contributed by atoms with Crippen LogP contribution in [0.4, 0.5) is 0 Å². The summed E-state index contributed by atoms with van der Waals surface area (Å²) in [6.45, 7) is 6.71. The summed E-state index contributed by atoms with van der Waals surface area (Å²) in [5.41, 5.74) is 1.07. The van der Waals surface area contributed by atoms with Gasteiger partial charge in [0.25, 0.3) is 0 Å². The maximum absolute atomic E-state index is 6.16. The number of hydrogen-bond acceptors (Lipinski definition) is 1. The zero-order valence-corrected chi connectivity index (χ0v) is 12.0. The van der Waals surface area contributed by atoms with Crippen LogP contribution in [-0.2, 0) is 0 Å². The molecule has 0 bridgehead atoms. The third-order valence-corrected chi connectivity index (χ3v) is 3.08. The van der Waals surface area contributed by atoms with Gasteiger partial charge in [-0.3, -0.25) is 0 Å². The second-order valence-electron chi connectivity index (χ2n) is 3.94. The summed E-state index contributed by atoms with van der Waals surface area (Å²) in [4.78, 5) is 0. The Kier molecular flexibility index (Phi) is 5.87. The lowest BCUT2D eigenvalue weighted by Gasteiger charge is -2.17. The van der Waals surface area contributed by atoms with Gasteiger partial charge in [-0.05, 0) is 38.3 Å². The fourth-order valence-electron chi connectivity index (χ4n) is 1.71. The Hall–Kier alpha value is -0.660. The Morgan fingerprint density at radius 1 is 1.35 bits per heavy atom. The van der Waals surface area contributed by atoms with Crippen molar-refractivity contribution in [3.8, 4) is 5.75 Å². The second kappa shape index (κ2) is 6.93. The summed E-state index contributed by atoms with van der Waals surface area (Å²) in [5.74, 6) is 1.10. The predicted octanol–water partition coefficient (Wildman–Crippen LogP) is 5.46. The normalized spacial score (nSPS) is 13.0.